The van der Waals surface area contributed by atoms with Crippen LogP contribution >= 0.6 is 0 Å². The van der Waals surface area contributed by atoms with Gasteiger partial charge in [-0.15, -0.1) is 0 Å². The van der Waals surface area contributed by atoms with Crippen LogP contribution in [-0.4, -0.2) is 23.8 Å². The van der Waals surface area contributed by atoms with Crippen LogP contribution in [0, 0.1) is 5.41 Å². The van der Waals surface area contributed by atoms with E-state index in [-0.39, 0.29) is 11.3 Å². The minimum absolute atomic E-state index is 0.0318. The van der Waals surface area contributed by atoms with Gasteiger partial charge in [-0.3, -0.25) is 4.79 Å². The van der Waals surface area contributed by atoms with Gasteiger partial charge in [0.1, 0.15) is 11.3 Å². The van der Waals surface area contributed by atoms with Crippen LogP contribution in [0.4, 0.5) is 0 Å². The van der Waals surface area contributed by atoms with E-state index in [0.29, 0.717) is 0 Å². The molecule has 0 aliphatic carbocycles. The quantitative estimate of drug-likeness (QED) is 0.658. The van der Waals surface area contributed by atoms with E-state index in [0.717, 1.165) is 0 Å². The Balaban J connectivity index is 2.49. The van der Waals surface area contributed by atoms with Crippen molar-refractivity contribution in [2.75, 3.05) is 6.79 Å². The number of rotatable bonds is 3. The average Bonchev–Trinajstić information content (AvgIpc) is 2.28. The Morgan fingerprint density at radius 3 is 2.33 bits per heavy atom. The number of aromatic hydroxyl groups is 1. The maximum Gasteiger partial charge on any atom is 0.344 e. The third-order valence-corrected chi connectivity index (χ3v) is 2.12. The fourth-order valence-corrected chi connectivity index (χ4v) is 1.08. The summed E-state index contributed by atoms with van der Waals surface area (Å²) in [7, 11) is 0. The van der Waals surface area contributed by atoms with Gasteiger partial charge >= 0.3 is 11.9 Å². The van der Waals surface area contributed by atoms with Gasteiger partial charge < -0.3 is 14.6 Å². The van der Waals surface area contributed by atoms with Gasteiger partial charge in [-0.25, -0.2) is 4.79 Å². The number of benzene rings is 1. The number of hydrogen-bond acceptors (Lipinski definition) is 5. The topological polar surface area (TPSA) is 72.8 Å². The van der Waals surface area contributed by atoms with Crippen molar-refractivity contribution >= 4 is 11.9 Å². The highest BCUT2D eigenvalue weighted by Crippen LogP contribution is 2.17. The van der Waals surface area contributed by atoms with Crippen molar-refractivity contribution in [2.45, 2.75) is 20.8 Å². The second-order valence-electron chi connectivity index (χ2n) is 4.75. The monoisotopic (exact) mass is 252 g/mol. The first-order valence-corrected chi connectivity index (χ1v) is 5.44. The van der Waals surface area contributed by atoms with Gasteiger partial charge in [-0.1, -0.05) is 12.1 Å². The summed E-state index contributed by atoms with van der Waals surface area (Å²) < 4.78 is 9.51. The highest BCUT2D eigenvalue weighted by molar-refractivity contribution is 5.92. The van der Waals surface area contributed by atoms with Gasteiger partial charge in [0.15, 0.2) is 0 Å². The Labute approximate surface area is 105 Å². The van der Waals surface area contributed by atoms with E-state index in [1.165, 1.54) is 12.1 Å². The fourth-order valence-electron chi connectivity index (χ4n) is 1.08. The van der Waals surface area contributed by atoms with Crippen molar-refractivity contribution in [3.05, 3.63) is 29.8 Å². The lowest BCUT2D eigenvalue weighted by Crippen LogP contribution is -2.24. The lowest BCUT2D eigenvalue weighted by Gasteiger charge is -2.16. The maximum atomic E-state index is 11.5. The van der Waals surface area contributed by atoms with E-state index in [1.807, 2.05) is 0 Å². The van der Waals surface area contributed by atoms with E-state index in [2.05, 4.69) is 0 Å². The van der Waals surface area contributed by atoms with E-state index < -0.39 is 24.1 Å². The van der Waals surface area contributed by atoms with Gasteiger partial charge in [-0.05, 0) is 32.9 Å². The Morgan fingerprint density at radius 1 is 1.17 bits per heavy atom. The molecule has 98 valence electrons. The van der Waals surface area contributed by atoms with Crippen LogP contribution in [0.25, 0.3) is 0 Å². The molecule has 0 amide bonds. The predicted octanol–water partition coefficient (Wildman–Crippen LogP) is 2.10. The van der Waals surface area contributed by atoms with Crippen LogP contribution in [0.2, 0.25) is 0 Å². The first-order valence-electron chi connectivity index (χ1n) is 5.44. The van der Waals surface area contributed by atoms with Crippen molar-refractivity contribution in [3.8, 4) is 5.75 Å². The van der Waals surface area contributed by atoms with E-state index in [4.69, 9.17) is 9.47 Å². The molecule has 5 nitrogen and oxygen atoms in total. The minimum atomic E-state index is -0.741. The summed E-state index contributed by atoms with van der Waals surface area (Å²) in [6.07, 6.45) is 0. The third-order valence-electron chi connectivity index (χ3n) is 2.12. The van der Waals surface area contributed by atoms with Gasteiger partial charge in [0.2, 0.25) is 6.79 Å². The molecule has 1 aromatic rings. The van der Waals surface area contributed by atoms with Crippen molar-refractivity contribution in [2.24, 2.45) is 5.41 Å². The fraction of sp³-hybridized carbons (Fsp3) is 0.385. The van der Waals surface area contributed by atoms with Gasteiger partial charge in [-0.2, -0.15) is 0 Å². The summed E-state index contributed by atoms with van der Waals surface area (Å²) in [5.41, 5.74) is -0.620. The zero-order chi connectivity index (χ0) is 13.8. The highest BCUT2D eigenvalue weighted by atomic mass is 16.7. The Bertz CT molecular complexity index is 445. The third kappa shape index (κ3) is 3.76. The molecule has 0 spiro atoms. The second-order valence-corrected chi connectivity index (χ2v) is 4.75. The Kier molecular flexibility index (Phi) is 4.31. The van der Waals surface area contributed by atoms with Crippen molar-refractivity contribution in [3.63, 3.8) is 0 Å². The molecule has 0 aliphatic heterocycles. The molecule has 18 heavy (non-hydrogen) atoms. The minimum Gasteiger partial charge on any atom is -0.507 e. The number of esters is 2. The Hall–Kier alpha value is -2.04. The summed E-state index contributed by atoms with van der Waals surface area (Å²) >= 11 is 0. The van der Waals surface area contributed by atoms with Gasteiger partial charge in [0.05, 0.1) is 5.41 Å². The molecular weight excluding hydrogens is 236 g/mol. The zero-order valence-electron chi connectivity index (χ0n) is 10.6. The lowest BCUT2D eigenvalue weighted by atomic mass is 9.98. The summed E-state index contributed by atoms with van der Waals surface area (Å²) in [6, 6.07) is 5.98. The van der Waals surface area contributed by atoms with Gasteiger partial charge in [0, 0.05) is 0 Å². The number of phenols is 1. The number of carbonyl (C=O) groups is 2. The number of ether oxygens (including phenoxy) is 2. The standard InChI is InChI=1S/C13H16O5/c1-13(2,3)12(16)18-8-17-11(15)9-6-4-5-7-10(9)14/h4-7,14H,8H2,1-3H3. The van der Waals surface area contributed by atoms with Crippen LogP contribution in [-0.2, 0) is 14.3 Å². The molecule has 0 saturated heterocycles. The molecule has 0 heterocycles. The molecule has 1 rings (SSSR count). The number of phenolic OH excluding ortho intramolecular Hbond substituents is 1. The lowest BCUT2D eigenvalue weighted by molar-refractivity contribution is -0.161. The van der Waals surface area contributed by atoms with Crippen LogP contribution in [0.1, 0.15) is 31.1 Å². The largest absolute Gasteiger partial charge is 0.507 e. The molecule has 0 saturated carbocycles. The number of hydrogen-bond donors (Lipinski definition) is 1. The smallest absolute Gasteiger partial charge is 0.344 e. The summed E-state index contributed by atoms with van der Waals surface area (Å²) in [6.45, 7) is 4.61. The van der Waals surface area contributed by atoms with Crippen LogP contribution < -0.4 is 0 Å². The molecule has 1 N–H and O–H groups in total. The average molecular weight is 252 g/mol. The first-order chi connectivity index (χ1) is 8.32. The van der Waals surface area contributed by atoms with Crippen LogP contribution in [0.3, 0.4) is 0 Å². The molecule has 0 radical (unpaired) electrons. The maximum absolute atomic E-state index is 11.5. The summed E-state index contributed by atoms with van der Waals surface area (Å²) in [5, 5.41) is 9.41. The second kappa shape index (κ2) is 5.53. The molecule has 0 aromatic heterocycles. The molecule has 5 heteroatoms. The SMILES string of the molecule is CC(C)(C)C(=O)OCOC(=O)c1ccccc1O. The van der Waals surface area contributed by atoms with Crippen LogP contribution in [0.5, 0.6) is 5.75 Å². The number of para-hydroxylation sites is 1. The van der Waals surface area contributed by atoms with Crippen molar-refractivity contribution in [1.29, 1.82) is 0 Å². The van der Waals surface area contributed by atoms with Gasteiger partial charge in [0.25, 0.3) is 0 Å². The van der Waals surface area contributed by atoms with Crippen molar-refractivity contribution in [1.82, 2.24) is 0 Å². The Morgan fingerprint density at radius 2 is 1.78 bits per heavy atom. The van der Waals surface area contributed by atoms with E-state index in [9.17, 15) is 14.7 Å². The first kappa shape index (κ1) is 14.0. The molecular formula is C13H16O5. The van der Waals surface area contributed by atoms with Crippen molar-refractivity contribution < 1.29 is 24.2 Å². The van der Waals surface area contributed by atoms with Crippen LogP contribution in [0.15, 0.2) is 24.3 Å². The molecule has 0 atom stereocenters. The molecule has 1 aromatic carbocycles. The van der Waals surface area contributed by atoms with E-state index in [1.54, 1.807) is 32.9 Å². The molecule has 0 unspecified atom stereocenters. The van der Waals surface area contributed by atoms with E-state index >= 15 is 0 Å². The normalized spacial score (nSPS) is 10.8. The highest BCUT2D eigenvalue weighted by Gasteiger charge is 2.23. The predicted molar refractivity (Wildman–Crippen MR) is 63.9 cm³/mol. The summed E-state index contributed by atoms with van der Waals surface area (Å²) in [4.78, 5) is 22.9. The zero-order valence-corrected chi connectivity index (χ0v) is 10.6. The molecule has 0 fully saturated rings. The molecule has 0 aliphatic rings. The summed E-state index contributed by atoms with van der Waals surface area (Å²) in [5.74, 6) is -1.38. The molecule has 0 bridgehead atoms. The number of carbonyl (C=O) groups excluding carboxylic acids is 2.